The molecule has 2 rings (SSSR count). The third-order valence-corrected chi connectivity index (χ3v) is 4.35. The van der Waals surface area contributed by atoms with Crippen LogP contribution in [0, 0.1) is 11.8 Å². The summed E-state index contributed by atoms with van der Waals surface area (Å²) in [6.45, 7) is 0. The molecule has 0 bridgehead atoms. The molecule has 2 fully saturated rings. The van der Waals surface area contributed by atoms with Gasteiger partial charge in [0.2, 0.25) is 0 Å². The molecule has 0 aromatic heterocycles. The summed E-state index contributed by atoms with van der Waals surface area (Å²) in [5.74, 6) is 0.747. The van der Waals surface area contributed by atoms with Crippen LogP contribution in [0.2, 0.25) is 0 Å². The molecule has 23 heavy (non-hydrogen) atoms. The number of hydrogen-bond donors (Lipinski definition) is 0. The fraction of sp³-hybridized carbons (Fsp3) is 0.875. The number of nitrogens with zero attached hydrogens (tertiary/aromatic N) is 2. The van der Waals surface area contributed by atoms with Crippen molar-refractivity contribution in [2.75, 3.05) is 14.1 Å². The zero-order valence-electron chi connectivity index (χ0n) is 14.2. The van der Waals surface area contributed by atoms with Crippen LogP contribution >= 0.6 is 0 Å². The molecule has 2 aliphatic carbocycles. The van der Waals surface area contributed by atoms with Crippen LogP contribution < -0.4 is 9.41 Å². The van der Waals surface area contributed by atoms with Crippen molar-refractivity contribution in [2.45, 2.75) is 64.2 Å². The van der Waals surface area contributed by atoms with Crippen molar-refractivity contribution >= 4 is 11.8 Å². The van der Waals surface area contributed by atoms with Crippen LogP contribution in [0.1, 0.15) is 64.2 Å². The fourth-order valence-electron chi connectivity index (χ4n) is 3.06. The van der Waals surface area contributed by atoms with Gasteiger partial charge >= 0.3 is 25.8 Å². The zero-order chi connectivity index (χ0) is 14.8. The van der Waals surface area contributed by atoms with E-state index in [-0.39, 0.29) is 58.9 Å². The molecule has 0 N–H and O–H groups in total. The van der Waals surface area contributed by atoms with Crippen LogP contribution in [0.25, 0.3) is 10.6 Å². The van der Waals surface area contributed by atoms with Gasteiger partial charge in [-0.2, -0.15) is 0 Å². The summed E-state index contributed by atoms with van der Waals surface area (Å²) in [5.41, 5.74) is 0. The molecule has 0 spiro atoms. The van der Waals surface area contributed by atoms with Gasteiger partial charge in [0.1, 0.15) is 0 Å². The van der Waals surface area contributed by atoms with Crippen molar-refractivity contribution in [1.82, 2.24) is 0 Å². The first kappa shape index (κ1) is 27.5. The summed E-state index contributed by atoms with van der Waals surface area (Å²) in [7, 11) is 3.19. The number of carbonyl (C=O) groups excluding carboxylic acids is 2. The molecule has 2 amide bonds. The molecule has 2 aliphatic rings. The number of amides is 2. The van der Waals surface area contributed by atoms with Crippen LogP contribution in [0.5, 0.6) is 0 Å². The minimum Gasteiger partial charge on any atom is -1.00 e. The molecule has 0 heterocycles. The summed E-state index contributed by atoms with van der Waals surface area (Å²) < 4.78 is 0. The molecular formula is C16H28F2HfN2O2. The van der Waals surface area contributed by atoms with E-state index in [0.29, 0.717) is 0 Å². The van der Waals surface area contributed by atoms with Crippen LogP contribution in [-0.2, 0) is 35.4 Å². The summed E-state index contributed by atoms with van der Waals surface area (Å²) in [5, 5.41) is 7.35. The van der Waals surface area contributed by atoms with Crippen LogP contribution in [0.3, 0.4) is 0 Å². The topological polar surface area (TPSA) is 62.3 Å². The Hall–Kier alpha value is -0.330. The fourth-order valence-corrected chi connectivity index (χ4v) is 3.06. The quantitative estimate of drug-likeness (QED) is 0.424. The van der Waals surface area contributed by atoms with E-state index in [1.165, 1.54) is 38.5 Å². The number of hydrogen-bond acceptors (Lipinski definition) is 2. The van der Waals surface area contributed by atoms with E-state index in [4.69, 9.17) is 0 Å². The second-order valence-electron chi connectivity index (χ2n) is 5.79. The SMILES string of the molecule is C[N-]C(=O)C1CCCCC1.C[N-]C(=O)C1CCCCC1.[F-].[F-].[Hf+4]. The molecule has 0 aromatic carbocycles. The maximum Gasteiger partial charge on any atom is 4.00 e. The van der Waals surface area contributed by atoms with Crippen molar-refractivity contribution in [3.8, 4) is 0 Å². The van der Waals surface area contributed by atoms with Crippen molar-refractivity contribution in [3.63, 3.8) is 0 Å². The minimum absolute atomic E-state index is 0. The van der Waals surface area contributed by atoms with E-state index in [2.05, 4.69) is 10.6 Å². The van der Waals surface area contributed by atoms with Gasteiger partial charge in [-0.3, -0.25) is 0 Å². The number of carbonyl (C=O) groups is 2. The predicted octanol–water partition coefficient (Wildman–Crippen LogP) is -1.80. The summed E-state index contributed by atoms with van der Waals surface area (Å²) >= 11 is 0. The molecule has 0 atom stereocenters. The van der Waals surface area contributed by atoms with Gasteiger partial charge in [0.25, 0.3) is 0 Å². The van der Waals surface area contributed by atoms with E-state index in [9.17, 15) is 9.59 Å². The third kappa shape index (κ3) is 11.0. The Morgan fingerprint density at radius 3 is 1.13 bits per heavy atom. The maximum absolute atomic E-state index is 11.0. The molecule has 0 saturated heterocycles. The van der Waals surface area contributed by atoms with Crippen LogP contribution in [0.4, 0.5) is 0 Å². The molecule has 0 unspecified atom stereocenters. The maximum atomic E-state index is 11.0. The Morgan fingerprint density at radius 1 is 0.652 bits per heavy atom. The largest absolute Gasteiger partial charge is 4.00 e. The summed E-state index contributed by atoms with van der Waals surface area (Å²) in [6, 6.07) is 0. The Morgan fingerprint density at radius 2 is 0.913 bits per heavy atom. The van der Waals surface area contributed by atoms with Gasteiger partial charge < -0.3 is 29.6 Å². The Labute approximate surface area is 157 Å². The summed E-state index contributed by atoms with van der Waals surface area (Å²) in [6.07, 6.45) is 11.7. The minimum atomic E-state index is 0. The van der Waals surface area contributed by atoms with E-state index in [0.717, 1.165) is 25.7 Å². The molecule has 0 aromatic rings. The van der Waals surface area contributed by atoms with Gasteiger partial charge in [-0.1, -0.05) is 38.5 Å². The molecular weight excluding hydrogens is 469 g/mol. The monoisotopic (exact) mass is 498 g/mol. The smallest absolute Gasteiger partial charge is 1.00 e. The second kappa shape index (κ2) is 16.5. The molecule has 0 radical (unpaired) electrons. The van der Waals surface area contributed by atoms with Crippen molar-refractivity contribution in [3.05, 3.63) is 10.6 Å². The average Bonchev–Trinajstić information content (AvgIpc) is 2.55. The van der Waals surface area contributed by atoms with Gasteiger partial charge in [0.05, 0.1) is 11.8 Å². The standard InChI is InChI=1S/2C8H15NO.2FH.Hf/c2*1-9-8(10)7-5-3-2-4-6-7;;;/h2*7H,2-6H2,1H3,(H,9,10);2*1H;/q;;;;+4/p-4. The van der Waals surface area contributed by atoms with Crippen LogP contribution in [-0.4, -0.2) is 25.9 Å². The first-order valence-corrected chi connectivity index (χ1v) is 7.96. The Kier molecular flexibility index (Phi) is 19.8. The van der Waals surface area contributed by atoms with E-state index in [1.54, 1.807) is 14.1 Å². The van der Waals surface area contributed by atoms with Gasteiger partial charge in [-0.25, -0.2) is 0 Å². The second-order valence-corrected chi connectivity index (χ2v) is 5.79. The molecule has 4 nitrogen and oxygen atoms in total. The average molecular weight is 497 g/mol. The van der Waals surface area contributed by atoms with Gasteiger partial charge in [-0.15, -0.1) is 14.1 Å². The zero-order valence-corrected chi connectivity index (χ0v) is 17.8. The van der Waals surface area contributed by atoms with Gasteiger partial charge in [0, 0.05) is 11.8 Å². The number of halogens is 2. The number of rotatable bonds is 2. The first-order valence-electron chi connectivity index (χ1n) is 7.96. The normalized spacial score (nSPS) is 17.8. The predicted molar refractivity (Wildman–Crippen MR) is 81.7 cm³/mol. The third-order valence-electron chi connectivity index (χ3n) is 4.35. The van der Waals surface area contributed by atoms with Crippen molar-refractivity contribution in [2.24, 2.45) is 11.8 Å². The van der Waals surface area contributed by atoms with Crippen molar-refractivity contribution in [1.29, 1.82) is 0 Å². The van der Waals surface area contributed by atoms with E-state index in [1.807, 2.05) is 0 Å². The molecule has 7 heteroatoms. The van der Waals surface area contributed by atoms with E-state index < -0.39 is 0 Å². The Balaban J connectivity index is -0.000000308. The summed E-state index contributed by atoms with van der Waals surface area (Å²) in [4.78, 5) is 22.0. The van der Waals surface area contributed by atoms with E-state index >= 15 is 0 Å². The van der Waals surface area contributed by atoms with Gasteiger partial charge in [0.15, 0.2) is 0 Å². The van der Waals surface area contributed by atoms with Crippen LogP contribution in [0.15, 0.2) is 0 Å². The molecule has 0 aliphatic heterocycles. The van der Waals surface area contributed by atoms with Gasteiger partial charge in [-0.05, 0) is 25.7 Å². The molecule has 2 saturated carbocycles. The molecule has 132 valence electrons. The Bertz CT molecular complexity index is 278. The van der Waals surface area contributed by atoms with Crippen molar-refractivity contribution < 1.29 is 44.8 Å². The first-order chi connectivity index (χ1) is 9.69.